The van der Waals surface area contributed by atoms with Crippen molar-refractivity contribution in [1.82, 2.24) is 9.80 Å². The molecule has 0 amide bonds. The van der Waals surface area contributed by atoms with Gasteiger partial charge in [0.05, 0.1) is 30.4 Å². The SMILES string of the molecule is OCCN1CCN(C[C@H]2CC[C@@H]3[C@H](O2)c2cc(C(F)(F)F)ccc2N[C@H]3c2ccc(F)cc2)CC1. The van der Waals surface area contributed by atoms with Crippen molar-refractivity contribution in [3.63, 3.8) is 0 Å². The van der Waals surface area contributed by atoms with E-state index in [4.69, 9.17) is 9.84 Å². The molecule has 0 aliphatic carbocycles. The van der Waals surface area contributed by atoms with Gasteiger partial charge in [0.1, 0.15) is 5.82 Å². The molecule has 2 fully saturated rings. The van der Waals surface area contributed by atoms with E-state index in [9.17, 15) is 17.6 Å². The summed E-state index contributed by atoms with van der Waals surface area (Å²) >= 11 is 0. The average Bonchev–Trinajstić information content (AvgIpc) is 2.84. The fraction of sp³-hybridized carbons (Fsp3) is 0.538. The molecule has 35 heavy (non-hydrogen) atoms. The van der Waals surface area contributed by atoms with E-state index in [-0.39, 0.29) is 30.5 Å². The maximum Gasteiger partial charge on any atom is 0.416 e. The molecule has 5 rings (SSSR count). The van der Waals surface area contributed by atoms with Crippen molar-refractivity contribution in [3.05, 3.63) is 65.0 Å². The lowest BCUT2D eigenvalue weighted by atomic mass is 9.76. The van der Waals surface area contributed by atoms with E-state index in [2.05, 4.69) is 15.1 Å². The largest absolute Gasteiger partial charge is 0.416 e. The van der Waals surface area contributed by atoms with Crippen LogP contribution in [0.4, 0.5) is 23.2 Å². The molecule has 2 aromatic rings. The zero-order valence-electron chi connectivity index (χ0n) is 19.5. The predicted octanol–water partition coefficient (Wildman–Crippen LogP) is 4.46. The second kappa shape index (κ2) is 10.0. The summed E-state index contributed by atoms with van der Waals surface area (Å²) in [6.07, 6.45) is -3.37. The number of aliphatic hydroxyl groups excluding tert-OH is 1. The van der Waals surface area contributed by atoms with Crippen LogP contribution in [0.15, 0.2) is 42.5 Å². The minimum Gasteiger partial charge on any atom is -0.395 e. The molecule has 9 heteroatoms. The number of aliphatic hydroxyl groups is 1. The van der Waals surface area contributed by atoms with Crippen LogP contribution in [0.5, 0.6) is 0 Å². The summed E-state index contributed by atoms with van der Waals surface area (Å²) in [6.45, 7) is 5.08. The van der Waals surface area contributed by atoms with E-state index in [0.717, 1.165) is 57.2 Å². The molecule has 2 saturated heterocycles. The van der Waals surface area contributed by atoms with Crippen molar-refractivity contribution >= 4 is 5.69 Å². The first-order chi connectivity index (χ1) is 16.8. The van der Waals surface area contributed by atoms with E-state index in [1.54, 1.807) is 12.1 Å². The number of nitrogens with one attached hydrogen (secondary N) is 1. The van der Waals surface area contributed by atoms with Crippen molar-refractivity contribution in [3.8, 4) is 0 Å². The van der Waals surface area contributed by atoms with Crippen molar-refractivity contribution in [2.24, 2.45) is 5.92 Å². The molecule has 4 atom stereocenters. The maximum atomic E-state index is 13.6. The molecule has 0 spiro atoms. The first-order valence-corrected chi connectivity index (χ1v) is 12.3. The van der Waals surface area contributed by atoms with Crippen LogP contribution >= 0.6 is 0 Å². The van der Waals surface area contributed by atoms with E-state index >= 15 is 0 Å². The molecule has 3 heterocycles. The highest BCUT2D eigenvalue weighted by atomic mass is 19.4. The van der Waals surface area contributed by atoms with Crippen LogP contribution in [0, 0.1) is 11.7 Å². The molecular formula is C26H31F4N3O2. The van der Waals surface area contributed by atoms with Crippen LogP contribution in [-0.2, 0) is 10.9 Å². The normalized spacial score (nSPS) is 27.7. The Morgan fingerprint density at radius 1 is 0.971 bits per heavy atom. The van der Waals surface area contributed by atoms with Gasteiger partial charge in [-0.15, -0.1) is 0 Å². The smallest absolute Gasteiger partial charge is 0.395 e. The van der Waals surface area contributed by atoms with Crippen molar-refractivity contribution in [2.45, 2.75) is 37.3 Å². The number of piperazine rings is 1. The van der Waals surface area contributed by atoms with Crippen molar-refractivity contribution in [2.75, 3.05) is 51.2 Å². The van der Waals surface area contributed by atoms with Crippen LogP contribution in [0.2, 0.25) is 0 Å². The van der Waals surface area contributed by atoms with Gasteiger partial charge in [-0.2, -0.15) is 13.2 Å². The van der Waals surface area contributed by atoms with Gasteiger partial charge in [0.2, 0.25) is 0 Å². The summed E-state index contributed by atoms with van der Waals surface area (Å²) in [5, 5.41) is 12.6. The number of hydrogen-bond donors (Lipinski definition) is 2. The Bertz CT molecular complexity index is 1010. The minimum atomic E-state index is -4.43. The summed E-state index contributed by atoms with van der Waals surface area (Å²) in [7, 11) is 0. The second-order valence-electron chi connectivity index (χ2n) is 9.76. The standard InChI is InChI=1S/C26H31F4N3O2/c27-19-4-1-17(2-5-19)24-21-7-6-20(16-33-11-9-32(10-12-33)13-14-34)35-25(21)22-15-18(26(28,29)30)3-8-23(22)31-24/h1-5,8,15,20-21,24-25,31,34H,6-7,9-14,16H2/t20-,21+,24+,25+/m1/s1. The van der Waals surface area contributed by atoms with Crippen LogP contribution < -0.4 is 5.32 Å². The molecular weight excluding hydrogens is 462 g/mol. The zero-order chi connectivity index (χ0) is 24.6. The number of alkyl halides is 3. The lowest BCUT2D eigenvalue weighted by Crippen LogP contribution is -2.50. The first-order valence-electron chi connectivity index (χ1n) is 12.3. The number of rotatable bonds is 5. The molecule has 2 aromatic carbocycles. The summed E-state index contributed by atoms with van der Waals surface area (Å²) in [4.78, 5) is 4.56. The lowest BCUT2D eigenvalue weighted by Gasteiger charge is -2.47. The van der Waals surface area contributed by atoms with E-state index in [0.29, 0.717) is 17.8 Å². The first kappa shape index (κ1) is 24.5. The summed E-state index contributed by atoms with van der Waals surface area (Å²) in [5.74, 6) is -0.385. The second-order valence-corrected chi connectivity index (χ2v) is 9.76. The topological polar surface area (TPSA) is 48.0 Å². The summed E-state index contributed by atoms with van der Waals surface area (Å²) in [6, 6.07) is 9.92. The number of fused-ring (bicyclic) bond motifs is 3. The Labute approximate surface area is 202 Å². The van der Waals surface area contributed by atoms with Gasteiger partial charge in [0.25, 0.3) is 0 Å². The highest BCUT2D eigenvalue weighted by Gasteiger charge is 2.44. The highest BCUT2D eigenvalue weighted by molar-refractivity contribution is 5.58. The molecule has 0 aromatic heterocycles. The number of halogens is 4. The molecule has 0 unspecified atom stereocenters. The van der Waals surface area contributed by atoms with Crippen LogP contribution in [0.1, 0.15) is 41.7 Å². The van der Waals surface area contributed by atoms with Gasteiger partial charge < -0.3 is 15.2 Å². The Kier molecular flexibility index (Phi) is 7.03. The Morgan fingerprint density at radius 2 is 1.69 bits per heavy atom. The number of nitrogens with zero attached hydrogens (tertiary/aromatic N) is 2. The van der Waals surface area contributed by atoms with Gasteiger partial charge >= 0.3 is 6.18 Å². The van der Waals surface area contributed by atoms with Gasteiger partial charge in [-0.1, -0.05) is 12.1 Å². The fourth-order valence-electron chi connectivity index (χ4n) is 5.69. The third-order valence-electron chi connectivity index (χ3n) is 7.55. The molecule has 5 nitrogen and oxygen atoms in total. The highest BCUT2D eigenvalue weighted by Crippen LogP contribution is 2.51. The van der Waals surface area contributed by atoms with Gasteiger partial charge in [0.15, 0.2) is 0 Å². The maximum absolute atomic E-state index is 13.6. The number of ether oxygens (including phenoxy) is 1. The van der Waals surface area contributed by atoms with Crippen LogP contribution in [0.25, 0.3) is 0 Å². The lowest BCUT2D eigenvalue weighted by molar-refractivity contribution is -0.138. The molecule has 0 bridgehead atoms. The van der Waals surface area contributed by atoms with E-state index in [1.807, 2.05) is 0 Å². The molecule has 3 aliphatic rings. The van der Waals surface area contributed by atoms with Crippen LogP contribution in [-0.4, -0.2) is 66.9 Å². The van der Waals surface area contributed by atoms with Gasteiger partial charge in [-0.05, 0) is 48.7 Å². The van der Waals surface area contributed by atoms with Crippen LogP contribution in [0.3, 0.4) is 0 Å². The van der Waals surface area contributed by atoms with E-state index < -0.39 is 17.8 Å². The number of anilines is 1. The summed E-state index contributed by atoms with van der Waals surface area (Å²) in [5.41, 5.74) is 1.39. The number of hydrogen-bond acceptors (Lipinski definition) is 5. The van der Waals surface area contributed by atoms with Gasteiger partial charge in [-0.25, -0.2) is 4.39 Å². The summed E-state index contributed by atoms with van der Waals surface area (Å²) < 4.78 is 60.6. The molecule has 0 saturated carbocycles. The number of benzene rings is 2. The number of β-amino-alcohol motifs (C(OH)–C–C–N with tert-alkyl or cyclic N) is 1. The van der Waals surface area contributed by atoms with Gasteiger partial charge in [0, 0.05) is 56.4 Å². The molecule has 190 valence electrons. The third kappa shape index (κ3) is 5.33. The van der Waals surface area contributed by atoms with E-state index in [1.165, 1.54) is 24.3 Å². The fourth-order valence-corrected chi connectivity index (χ4v) is 5.69. The van der Waals surface area contributed by atoms with Crippen molar-refractivity contribution < 1.29 is 27.4 Å². The Hall–Kier alpha value is -2.20. The predicted molar refractivity (Wildman–Crippen MR) is 125 cm³/mol. The van der Waals surface area contributed by atoms with Gasteiger partial charge in [-0.3, -0.25) is 9.80 Å². The minimum absolute atomic E-state index is 0.0610. The molecule has 3 aliphatic heterocycles. The average molecular weight is 494 g/mol. The Morgan fingerprint density at radius 3 is 2.37 bits per heavy atom. The molecule has 2 N–H and O–H groups in total. The zero-order valence-corrected chi connectivity index (χ0v) is 19.5. The molecule has 0 radical (unpaired) electrons. The quantitative estimate of drug-likeness (QED) is 0.603. The third-order valence-corrected chi connectivity index (χ3v) is 7.55. The van der Waals surface area contributed by atoms with Crippen molar-refractivity contribution in [1.29, 1.82) is 0 Å². The Balaban J connectivity index is 1.38. The monoisotopic (exact) mass is 493 g/mol.